The van der Waals surface area contributed by atoms with Crippen molar-refractivity contribution in [2.45, 2.75) is 6.04 Å². The van der Waals surface area contributed by atoms with Crippen LogP contribution in [-0.4, -0.2) is 55.3 Å². The zero-order valence-electron chi connectivity index (χ0n) is 15.2. The second kappa shape index (κ2) is 7.50. The number of hydrogen-bond donors (Lipinski definition) is 0. The van der Waals surface area contributed by atoms with E-state index in [1.54, 1.807) is 37.3 Å². The summed E-state index contributed by atoms with van der Waals surface area (Å²) >= 11 is 5.95. The Kier molecular flexibility index (Phi) is 5.30. The monoisotopic (exact) mass is 386 g/mol. The average molecular weight is 387 g/mol. The molecule has 0 bridgehead atoms. The van der Waals surface area contributed by atoms with Gasteiger partial charge in [-0.15, -0.1) is 0 Å². The number of fused-ring (bicyclic) bond motifs is 1. The summed E-state index contributed by atoms with van der Waals surface area (Å²) in [5.41, 5.74) is 1.77. The molecule has 3 rings (SSSR count). The van der Waals surface area contributed by atoms with Crippen molar-refractivity contribution in [3.63, 3.8) is 0 Å². The molecule has 6 nitrogen and oxygen atoms in total. The van der Waals surface area contributed by atoms with Crippen molar-refractivity contribution in [3.8, 4) is 0 Å². The Bertz CT molecular complexity index is 911. The topological polar surface area (TPSA) is 66.9 Å². The lowest BCUT2D eigenvalue weighted by Gasteiger charge is -2.28. The molecule has 2 aromatic rings. The summed E-state index contributed by atoms with van der Waals surface area (Å²) in [6, 6.07) is 11.4. The number of ether oxygens (including phenoxy) is 1. The van der Waals surface area contributed by atoms with Crippen LogP contribution in [0.25, 0.3) is 0 Å². The Hall–Kier alpha value is -2.70. The summed E-state index contributed by atoms with van der Waals surface area (Å²) in [6.45, 7) is 0.301. The van der Waals surface area contributed by atoms with E-state index in [9.17, 15) is 14.4 Å². The molecule has 1 heterocycles. The first-order valence-corrected chi connectivity index (χ1v) is 8.71. The molecule has 0 aromatic heterocycles. The van der Waals surface area contributed by atoms with E-state index in [0.29, 0.717) is 22.8 Å². The summed E-state index contributed by atoms with van der Waals surface area (Å²) in [7, 11) is 4.66. The van der Waals surface area contributed by atoms with Crippen molar-refractivity contribution in [2.75, 3.05) is 27.8 Å². The van der Waals surface area contributed by atoms with E-state index in [-0.39, 0.29) is 23.4 Å². The number of rotatable bonds is 5. The quantitative estimate of drug-likeness (QED) is 0.741. The summed E-state index contributed by atoms with van der Waals surface area (Å²) in [6.07, 6.45) is 0. The van der Waals surface area contributed by atoms with Gasteiger partial charge in [-0.25, -0.2) is 0 Å². The third-order valence-corrected chi connectivity index (χ3v) is 4.96. The number of benzene rings is 2. The predicted molar refractivity (Wildman–Crippen MR) is 101 cm³/mol. The fourth-order valence-electron chi connectivity index (χ4n) is 3.11. The number of carbonyl (C=O) groups is 3. The number of nitrogens with zero attached hydrogens (tertiary/aromatic N) is 2. The largest absolute Gasteiger partial charge is 0.382 e. The van der Waals surface area contributed by atoms with Crippen LogP contribution in [0, 0.1) is 0 Å². The number of halogens is 1. The highest BCUT2D eigenvalue weighted by atomic mass is 35.5. The third-order valence-electron chi connectivity index (χ3n) is 4.70. The second-order valence-corrected chi connectivity index (χ2v) is 6.80. The van der Waals surface area contributed by atoms with E-state index < -0.39 is 5.91 Å². The molecule has 0 radical (unpaired) electrons. The normalized spacial score (nSPS) is 14.3. The first-order valence-electron chi connectivity index (χ1n) is 8.33. The Morgan fingerprint density at radius 2 is 1.74 bits per heavy atom. The van der Waals surface area contributed by atoms with Gasteiger partial charge in [0.2, 0.25) is 0 Å². The molecule has 3 amide bonds. The summed E-state index contributed by atoms with van der Waals surface area (Å²) < 4.78 is 5.28. The molecule has 0 saturated heterocycles. The van der Waals surface area contributed by atoms with Crippen molar-refractivity contribution in [3.05, 3.63) is 69.7 Å². The van der Waals surface area contributed by atoms with E-state index >= 15 is 0 Å². The first kappa shape index (κ1) is 19.1. The molecule has 0 aliphatic carbocycles. The Morgan fingerprint density at radius 3 is 2.37 bits per heavy atom. The number of imide groups is 1. The van der Waals surface area contributed by atoms with Gasteiger partial charge in [-0.05, 0) is 35.9 Å². The van der Waals surface area contributed by atoms with Gasteiger partial charge in [0.25, 0.3) is 17.7 Å². The fourth-order valence-corrected chi connectivity index (χ4v) is 3.24. The highest BCUT2D eigenvalue weighted by Crippen LogP contribution is 2.26. The van der Waals surface area contributed by atoms with Crippen LogP contribution in [0.15, 0.2) is 42.5 Å². The van der Waals surface area contributed by atoms with Gasteiger partial charge in [0, 0.05) is 31.8 Å². The molecule has 140 valence electrons. The maximum atomic E-state index is 13.0. The maximum Gasteiger partial charge on any atom is 0.261 e. The van der Waals surface area contributed by atoms with Crippen molar-refractivity contribution >= 4 is 29.3 Å². The number of carbonyl (C=O) groups excluding carboxylic acids is 3. The van der Waals surface area contributed by atoms with E-state index in [2.05, 4.69) is 0 Å². The number of likely N-dealkylation sites (N-methyl/N-ethyl adjacent to an activating group) is 1. The third kappa shape index (κ3) is 3.46. The molecular weight excluding hydrogens is 368 g/mol. The van der Waals surface area contributed by atoms with E-state index in [1.807, 2.05) is 12.1 Å². The predicted octanol–water partition coefficient (Wildman–Crippen LogP) is 3.03. The fraction of sp³-hybridized carbons (Fsp3) is 0.250. The minimum atomic E-state index is -0.404. The van der Waals surface area contributed by atoms with Crippen molar-refractivity contribution in [1.29, 1.82) is 0 Å². The lowest BCUT2D eigenvalue weighted by molar-refractivity contribution is 0.0602. The molecule has 7 heteroatoms. The lowest BCUT2D eigenvalue weighted by atomic mass is 10.0. The minimum absolute atomic E-state index is 0.247. The van der Waals surface area contributed by atoms with Gasteiger partial charge in [-0.1, -0.05) is 23.7 Å². The van der Waals surface area contributed by atoms with Crippen molar-refractivity contribution < 1.29 is 19.1 Å². The van der Waals surface area contributed by atoms with Gasteiger partial charge in [-0.3, -0.25) is 19.3 Å². The average Bonchev–Trinajstić information content (AvgIpc) is 2.89. The number of methoxy groups -OCH3 is 1. The van der Waals surface area contributed by atoms with Crippen LogP contribution < -0.4 is 0 Å². The smallest absolute Gasteiger partial charge is 0.261 e. The van der Waals surface area contributed by atoms with E-state index in [0.717, 1.165) is 10.5 Å². The molecule has 1 atom stereocenters. The SMILES string of the molecule is COC[C@@H](c1ccc(Cl)cc1)N(C)C(=O)c1ccc2c(c1)C(=O)N(C)C2=O. The standard InChI is InChI=1S/C20H19ClN2O4/c1-22(17(11-27-3)12-4-7-14(21)8-5-12)18(24)13-6-9-15-16(10-13)20(26)23(2)19(15)25/h4-10,17H,11H2,1-3H3/t17-/m0/s1. The molecule has 0 N–H and O–H groups in total. The molecule has 0 fully saturated rings. The number of hydrogen-bond acceptors (Lipinski definition) is 4. The molecule has 27 heavy (non-hydrogen) atoms. The van der Waals surface area contributed by atoms with E-state index in [4.69, 9.17) is 16.3 Å². The zero-order valence-corrected chi connectivity index (χ0v) is 16.0. The van der Waals surface area contributed by atoms with Crippen LogP contribution in [-0.2, 0) is 4.74 Å². The molecule has 0 unspecified atom stereocenters. The van der Waals surface area contributed by atoms with Gasteiger partial charge in [0.15, 0.2) is 0 Å². The Morgan fingerprint density at radius 1 is 1.11 bits per heavy atom. The maximum absolute atomic E-state index is 13.0. The van der Waals surface area contributed by atoms with Crippen LogP contribution in [0.1, 0.15) is 42.7 Å². The Labute approximate surface area is 162 Å². The molecule has 2 aromatic carbocycles. The van der Waals surface area contributed by atoms with Crippen molar-refractivity contribution in [2.24, 2.45) is 0 Å². The second-order valence-electron chi connectivity index (χ2n) is 6.37. The number of amides is 3. The van der Waals surface area contributed by atoms with Crippen LogP contribution in [0.2, 0.25) is 5.02 Å². The van der Waals surface area contributed by atoms with Crippen LogP contribution in [0.5, 0.6) is 0 Å². The molecule has 0 saturated carbocycles. The summed E-state index contributed by atoms with van der Waals surface area (Å²) in [4.78, 5) is 39.8. The molecule has 1 aliphatic heterocycles. The van der Waals surface area contributed by atoms with E-state index in [1.165, 1.54) is 19.2 Å². The van der Waals surface area contributed by atoms with Gasteiger partial charge in [-0.2, -0.15) is 0 Å². The molecule has 0 spiro atoms. The van der Waals surface area contributed by atoms with Gasteiger partial charge in [0.05, 0.1) is 23.8 Å². The van der Waals surface area contributed by atoms with Gasteiger partial charge in [0.1, 0.15) is 0 Å². The molecule has 1 aliphatic rings. The highest BCUT2D eigenvalue weighted by Gasteiger charge is 2.34. The highest BCUT2D eigenvalue weighted by molar-refractivity contribution is 6.30. The Balaban J connectivity index is 1.91. The first-order chi connectivity index (χ1) is 12.8. The van der Waals surface area contributed by atoms with Gasteiger partial charge >= 0.3 is 0 Å². The van der Waals surface area contributed by atoms with Gasteiger partial charge < -0.3 is 9.64 Å². The zero-order chi connectivity index (χ0) is 19.7. The van der Waals surface area contributed by atoms with Crippen LogP contribution >= 0.6 is 11.6 Å². The van der Waals surface area contributed by atoms with Crippen molar-refractivity contribution in [1.82, 2.24) is 9.80 Å². The lowest BCUT2D eigenvalue weighted by Crippen LogP contribution is -2.33. The minimum Gasteiger partial charge on any atom is -0.382 e. The van der Waals surface area contributed by atoms with Crippen LogP contribution in [0.4, 0.5) is 0 Å². The molecular formula is C20H19ClN2O4. The summed E-state index contributed by atoms with van der Waals surface area (Å²) in [5.74, 6) is -1.04. The van der Waals surface area contributed by atoms with Crippen LogP contribution in [0.3, 0.4) is 0 Å². The summed E-state index contributed by atoms with van der Waals surface area (Å²) in [5, 5.41) is 0.606.